The van der Waals surface area contributed by atoms with Crippen LogP contribution in [0.4, 0.5) is 8.78 Å². The number of methoxy groups -OCH3 is 2. The lowest BCUT2D eigenvalue weighted by atomic mass is 10.2. The van der Waals surface area contributed by atoms with Crippen molar-refractivity contribution < 1.29 is 23.0 Å². The van der Waals surface area contributed by atoms with Crippen LogP contribution in [0.25, 0.3) is 0 Å². The van der Waals surface area contributed by atoms with Crippen LogP contribution < -0.4 is 0 Å². The van der Waals surface area contributed by atoms with Crippen molar-refractivity contribution in [3.8, 4) is 0 Å². The molecule has 0 aliphatic carbocycles. The molecule has 22 heavy (non-hydrogen) atoms. The van der Waals surface area contributed by atoms with Gasteiger partial charge in [0.2, 0.25) is 0 Å². The summed E-state index contributed by atoms with van der Waals surface area (Å²) in [6, 6.07) is 0. The van der Waals surface area contributed by atoms with Crippen molar-refractivity contribution in [2.24, 2.45) is 0 Å². The van der Waals surface area contributed by atoms with E-state index in [1.54, 1.807) is 7.11 Å². The van der Waals surface area contributed by atoms with E-state index in [0.717, 1.165) is 58.7 Å². The van der Waals surface area contributed by atoms with Crippen molar-refractivity contribution in [3.63, 3.8) is 0 Å². The minimum atomic E-state index is -2.88. The van der Waals surface area contributed by atoms with Crippen LogP contribution in [-0.4, -0.2) is 95.6 Å². The summed E-state index contributed by atoms with van der Waals surface area (Å²) in [5, 5.41) is 0. The van der Waals surface area contributed by atoms with Crippen LogP contribution in [-0.2, 0) is 14.2 Å². The van der Waals surface area contributed by atoms with Crippen molar-refractivity contribution in [3.05, 3.63) is 0 Å². The second-order valence-electron chi connectivity index (χ2n) is 5.72. The van der Waals surface area contributed by atoms with Gasteiger partial charge < -0.3 is 19.1 Å². The van der Waals surface area contributed by atoms with Gasteiger partial charge in [-0.1, -0.05) is 0 Å². The highest BCUT2D eigenvalue weighted by molar-refractivity contribution is 4.71. The maximum Gasteiger partial charge on any atom is 0.293 e. The van der Waals surface area contributed by atoms with Crippen molar-refractivity contribution in [1.29, 1.82) is 0 Å². The van der Waals surface area contributed by atoms with E-state index in [9.17, 15) is 8.78 Å². The van der Waals surface area contributed by atoms with Gasteiger partial charge >= 0.3 is 0 Å². The molecule has 0 bridgehead atoms. The monoisotopic (exact) mass is 324 g/mol. The van der Waals surface area contributed by atoms with Crippen molar-refractivity contribution in [2.75, 3.05) is 79.9 Å². The molecule has 0 spiro atoms. The van der Waals surface area contributed by atoms with Crippen LogP contribution in [0.5, 0.6) is 0 Å². The summed E-state index contributed by atoms with van der Waals surface area (Å²) >= 11 is 0. The highest BCUT2D eigenvalue weighted by Crippen LogP contribution is 2.14. The second-order valence-corrected chi connectivity index (χ2v) is 5.72. The van der Waals surface area contributed by atoms with Gasteiger partial charge in [0.25, 0.3) is 5.92 Å². The van der Waals surface area contributed by atoms with Gasteiger partial charge in [0.05, 0.1) is 6.61 Å². The molecule has 132 valence electrons. The van der Waals surface area contributed by atoms with Crippen molar-refractivity contribution in [2.45, 2.75) is 18.8 Å². The van der Waals surface area contributed by atoms with E-state index in [1.165, 1.54) is 7.11 Å². The molecule has 0 atom stereocenters. The number of nitrogens with zero attached hydrogens (tertiary/aromatic N) is 2. The number of unbranched alkanes of at least 4 members (excludes halogenated alkanes) is 1. The first-order chi connectivity index (χ1) is 10.6. The van der Waals surface area contributed by atoms with E-state index in [1.807, 2.05) is 0 Å². The Morgan fingerprint density at radius 3 is 2.05 bits per heavy atom. The van der Waals surface area contributed by atoms with E-state index >= 15 is 0 Å². The molecule has 0 amide bonds. The third kappa shape index (κ3) is 8.95. The number of hydrogen-bond donors (Lipinski definition) is 0. The fraction of sp³-hybridized carbons (Fsp3) is 1.00. The molecule has 0 aromatic rings. The SMILES string of the molecule is COCCN1CCN(CCCCOCC(F)(F)COC)CC1. The Morgan fingerprint density at radius 2 is 1.45 bits per heavy atom. The number of halogens is 2. The van der Waals surface area contributed by atoms with E-state index in [2.05, 4.69) is 14.5 Å². The normalized spacial score (nSPS) is 18.0. The molecule has 0 aromatic heterocycles. The summed E-state index contributed by atoms with van der Waals surface area (Å²) in [5.74, 6) is -2.88. The van der Waals surface area contributed by atoms with Crippen molar-refractivity contribution >= 4 is 0 Å². The van der Waals surface area contributed by atoms with Crippen LogP contribution in [0.2, 0.25) is 0 Å². The lowest BCUT2D eigenvalue weighted by Crippen LogP contribution is -2.47. The standard InChI is InChI=1S/C15H30F2N2O3/c1-20-12-10-19-8-6-18(7-9-19)5-3-4-11-22-14-15(16,17)13-21-2/h3-14H2,1-2H3. The molecule has 0 radical (unpaired) electrons. The third-order valence-corrected chi connectivity index (χ3v) is 3.76. The molecule has 1 rings (SSSR count). The predicted octanol–water partition coefficient (Wildman–Crippen LogP) is 1.33. The predicted molar refractivity (Wildman–Crippen MR) is 81.6 cm³/mol. The summed E-state index contributed by atoms with van der Waals surface area (Å²) in [5.41, 5.74) is 0. The molecule has 1 aliphatic rings. The average Bonchev–Trinajstić information content (AvgIpc) is 2.49. The molecule has 7 heteroatoms. The van der Waals surface area contributed by atoms with Crippen LogP contribution >= 0.6 is 0 Å². The average molecular weight is 324 g/mol. The molecule has 0 N–H and O–H groups in total. The minimum absolute atomic E-state index is 0.382. The lowest BCUT2D eigenvalue weighted by molar-refractivity contribution is -0.116. The number of alkyl halides is 2. The van der Waals surface area contributed by atoms with E-state index in [0.29, 0.717) is 6.61 Å². The first-order valence-corrected chi connectivity index (χ1v) is 7.95. The van der Waals surface area contributed by atoms with Crippen molar-refractivity contribution in [1.82, 2.24) is 9.80 Å². The zero-order valence-corrected chi connectivity index (χ0v) is 13.9. The molecule has 0 saturated carbocycles. The molecule has 0 unspecified atom stereocenters. The summed E-state index contributed by atoms with van der Waals surface area (Å²) in [6.45, 7) is 6.31. The van der Waals surface area contributed by atoms with Gasteiger partial charge in [-0.3, -0.25) is 4.90 Å². The Labute approximate surface area is 132 Å². The molecule has 5 nitrogen and oxygen atoms in total. The fourth-order valence-corrected chi connectivity index (χ4v) is 2.47. The van der Waals surface area contributed by atoms with Gasteiger partial charge in [-0.2, -0.15) is 0 Å². The summed E-state index contributed by atoms with van der Waals surface area (Å²) in [7, 11) is 2.99. The molecule has 1 fully saturated rings. The maximum atomic E-state index is 13.1. The molecule has 1 heterocycles. The quantitative estimate of drug-likeness (QED) is 0.506. The smallest absolute Gasteiger partial charge is 0.293 e. The summed E-state index contributed by atoms with van der Waals surface area (Å²) in [4.78, 5) is 4.82. The Bertz CT molecular complexity index is 276. The van der Waals surface area contributed by atoms with E-state index in [4.69, 9.17) is 9.47 Å². The maximum absolute atomic E-state index is 13.1. The highest BCUT2D eigenvalue weighted by atomic mass is 19.3. The van der Waals surface area contributed by atoms with Crippen LogP contribution in [0.15, 0.2) is 0 Å². The summed E-state index contributed by atoms with van der Waals surface area (Å²) in [6.07, 6.45) is 1.79. The molecule has 0 aromatic carbocycles. The molecule has 1 saturated heterocycles. The number of piperazine rings is 1. The highest BCUT2D eigenvalue weighted by Gasteiger charge is 2.28. The number of hydrogen-bond acceptors (Lipinski definition) is 5. The Hall–Kier alpha value is -0.340. The Kier molecular flexibility index (Phi) is 10.1. The first kappa shape index (κ1) is 19.7. The van der Waals surface area contributed by atoms with Gasteiger partial charge in [0.15, 0.2) is 0 Å². The van der Waals surface area contributed by atoms with Gasteiger partial charge in [0.1, 0.15) is 13.2 Å². The minimum Gasteiger partial charge on any atom is -0.383 e. The molecular weight excluding hydrogens is 294 g/mol. The Balaban J connectivity index is 1.95. The van der Waals surface area contributed by atoms with Gasteiger partial charge in [-0.05, 0) is 19.4 Å². The number of ether oxygens (including phenoxy) is 3. The van der Waals surface area contributed by atoms with Crippen LogP contribution in [0, 0.1) is 0 Å². The fourth-order valence-electron chi connectivity index (χ4n) is 2.47. The molecule has 1 aliphatic heterocycles. The van der Waals surface area contributed by atoms with Gasteiger partial charge in [-0.25, -0.2) is 8.78 Å². The summed E-state index contributed by atoms with van der Waals surface area (Å²) < 4.78 is 40.7. The van der Waals surface area contributed by atoms with E-state index < -0.39 is 19.1 Å². The molecular formula is C15H30F2N2O3. The number of rotatable bonds is 12. The second kappa shape index (κ2) is 11.2. The van der Waals surface area contributed by atoms with Crippen LogP contribution in [0.3, 0.4) is 0 Å². The van der Waals surface area contributed by atoms with Gasteiger partial charge in [-0.15, -0.1) is 0 Å². The zero-order valence-electron chi connectivity index (χ0n) is 13.9. The van der Waals surface area contributed by atoms with E-state index in [-0.39, 0.29) is 0 Å². The van der Waals surface area contributed by atoms with Gasteiger partial charge in [0, 0.05) is 53.6 Å². The third-order valence-electron chi connectivity index (χ3n) is 3.76. The first-order valence-electron chi connectivity index (χ1n) is 7.95. The zero-order chi connectivity index (χ0) is 16.3. The topological polar surface area (TPSA) is 34.2 Å². The Morgan fingerprint density at radius 1 is 0.818 bits per heavy atom. The lowest BCUT2D eigenvalue weighted by Gasteiger charge is -2.34. The largest absolute Gasteiger partial charge is 0.383 e. The van der Waals surface area contributed by atoms with Crippen LogP contribution in [0.1, 0.15) is 12.8 Å².